The van der Waals surface area contributed by atoms with Crippen LogP contribution in [-0.4, -0.2) is 16.9 Å². The number of aromatic hydroxyl groups is 1. The fourth-order valence-electron chi connectivity index (χ4n) is 2.75. The number of hydrogen-bond donors (Lipinski definition) is 1. The Morgan fingerprint density at radius 2 is 1.62 bits per heavy atom. The molecule has 1 aliphatic rings. The van der Waals surface area contributed by atoms with Crippen LogP contribution < -0.4 is 4.90 Å². The molecule has 4 nitrogen and oxygen atoms in total. The van der Waals surface area contributed by atoms with Crippen LogP contribution in [0, 0.1) is 11.3 Å². The molecule has 0 bridgehead atoms. The number of hydrogen-bond acceptors (Lipinski definition) is 3. The number of allylic oxidation sites excluding steroid dienone is 1. The lowest BCUT2D eigenvalue weighted by Gasteiger charge is -2.26. The highest BCUT2D eigenvalue weighted by Gasteiger charge is 2.49. The van der Waals surface area contributed by atoms with Gasteiger partial charge >= 0.3 is 0 Å². The van der Waals surface area contributed by atoms with E-state index in [1.807, 2.05) is 34.6 Å². The number of amides is 2. The van der Waals surface area contributed by atoms with Crippen molar-refractivity contribution in [1.82, 2.24) is 0 Å². The van der Waals surface area contributed by atoms with E-state index in [1.54, 1.807) is 12.1 Å². The lowest BCUT2D eigenvalue weighted by Crippen LogP contribution is -2.33. The maximum Gasteiger partial charge on any atom is 0.261 e. The van der Waals surface area contributed by atoms with Gasteiger partial charge in [-0.2, -0.15) is 0 Å². The molecule has 0 aromatic heterocycles. The first-order chi connectivity index (χ1) is 9.64. The molecule has 1 heterocycles. The number of benzene rings is 1. The Morgan fingerprint density at radius 1 is 1.10 bits per heavy atom. The molecule has 0 radical (unpaired) electrons. The molecule has 4 heteroatoms. The van der Waals surface area contributed by atoms with Gasteiger partial charge in [-0.05, 0) is 43.5 Å². The number of carbonyl (C=O) groups is 2. The predicted octanol–water partition coefficient (Wildman–Crippen LogP) is 3.26. The molecule has 1 fully saturated rings. The first-order valence-electron chi connectivity index (χ1n) is 6.99. The molecular weight excluding hydrogens is 266 g/mol. The van der Waals surface area contributed by atoms with Gasteiger partial charge in [0.1, 0.15) is 5.75 Å². The standard InChI is InChI=1S/C17H21NO3/c1-10(2)13-14(17(3,4)5)16(21)18(15(13)20)11-6-8-12(19)9-7-11/h6-9,14,19H,1-5H3. The van der Waals surface area contributed by atoms with Crippen molar-refractivity contribution in [1.29, 1.82) is 0 Å². The lowest BCUT2D eigenvalue weighted by atomic mass is 9.76. The second-order valence-electron chi connectivity index (χ2n) is 6.71. The van der Waals surface area contributed by atoms with E-state index in [2.05, 4.69) is 0 Å². The molecule has 1 aromatic carbocycles. The first kappa shape index (κ1) is 15.3. The third-order valence-electron chi connectivity index (χ3n) is 3.70. The predicted molar refractivity (Wildman–Crippen MR) is 81.9 cm³/mol. The van der Waals surface area contributed by atoms with E-state index in [4.69, 9.17) is 0 Å². The van der Waals surface area contributed by atoms with Crippen LogP contribution in [0.1, 0.15) is 34.6 Å². The Bertz CT molecular complexity index is 616. The molecule has 0 aliphatic carbocycles. The number of phenolic OH excluding ortho intramolecular Hbond substituents is 1. The molecule has 0 saturated carbocycles. The zero-order chi connectivity index (χ0) is 15.9. The van der Waals surface area contributed by atoms with Gasteiger partial charge in [-0.3, -0.25) is 9.59 Å². The molecule has 1 atom stereocenters. The fourth-order valence-corrected chi connectivity index (χ4v) is 2.75. The van der Waals surface area contributed by atoms with E-state index in [0.717, 1.165) is 5.57 Å². The molecular formula is C17H21NO3. The number of rotatable bonds is 1. The van der Waals surface area contributed by atoms with Crippen molar-refractivity contribution in [3.8, 4) is 5.75 Å². The number of phenols is 1. The third kappa shape index (κ3) is 2.58. The molecule has 1 aromatic rings. The van der Waals surface area contributed by atoms with E-state index >= 15 is 0 Å². The summed E-state index contributed by atoms with van der Waals surface area (Å²) < 4.78 is 0. The van der Waals surface area contributed by atoms with Gasteiger partial charge in [0.25, 0.3) is 5.91 Å². The molecule has 112 valence electrons. The highest BCUT2D eigenvalue weighted by atomic mass is 16.3. The number of carbonyl (C=O) groups excluding carboxylic acids is 2. The summed E-state index contributed by atoms with van der Waals surface area (Å²) in [6, 6.07) is 6.11. The van der Waals surface area contributed by atoms with Crippen LogP contribution in [0.5, 0.6) is 5.75 Å². The maximum atomic E-state index is 12.8. The van der Waals surface area contributed by atoms with Crippen molar-refractivity contribution in [3.63, 3.8) is 0 Å². The van der Waals surface area contributed by atoms with Crippen molar-refractivity contribution in [2.75, 3.05) is 4.90 Å². The summed E-state index contributed by atoms with van der Waals surface area (Å²) in [5, 5.41) is 9.36. The number of imide groups is 1. The van der Waals surface area contributed by atoms with E-state index in [1.165, 1.54) is 17.0 Å². The largest absolute Gasteiger partial charge is 0.508 e. The van der Waals surface area contributed by atoms with Gasteiger partial charge in [-0.25, -0.2) is 4.90 Å². The van der Waals surface area contributed by atoms with E-state index in [0.29, 0.717) is 11.3 Å². The van der Waals surface area contributed by atoms with Gasteiger partial charge in [-0.1, -0.05) is 26.3 Å². The molecule has 1 aliphatic heterocycles. The monoisotopic (exact) mass is 287 g/mol. The summed E-state index contributed by atoms with van der Waals surface area (Å²) in [5.41, 5.74) is 1.62. The van der Waals surface area contributed by atoms with Crippen LogP contribution in [0.15, 0.2) is 35.4 Å². The minimum absolute atomic E-state index is 0.104. The van der Waals surface area contributed by atoms with Crippen molar-refractivity contribution >= 4 is 17.5 Å². The molecule has 0 spiro atoms. The van der Waals surface area contributed by atoms with Gasteiger partial charge in [-0.15, -0.1) is 0 Å². The second kappa shape index (κ2) is 5.02. The van der Waals surface area contributed by atoms with Crippen molar-refractivity contribution in [3.05, 3.63) is 35.4 Å². The number of nitrogens with zero attached hydrogens (tertiary/aromatic N) is 1. The summed E-state index contributed by atoms with van der Waals surface area (Å²) >= 11 is 0. The Labute approximate surface area is 125 Å². The Kier molecular flexibility index (Phi) is 3.66. The zero-order valence-corrected chi connectivity index (χ0v) is 13.1. The second-order valence-corrected chi connectivity index (χ2v) is 6.71. The van der Waals surface area contributed by atoms with Crippen LogP contribution in [0.4, 0.5) is 5.69 Å². The summed E-state index contributed by atoms with van der Waals surface area (Å²) in [6.07, 6.45) is 0. The number of anilines is 1. The normalized spacial score (nSPS) is 19.4. The highest BCUT2D eigenvalue weighted by Crippen LogP contribution is 2.42. The summed E-state index contributed by atoms with van der Waals surface area (Å²) in [5.74, 6) is -0.795. The van der Waals surface area contributed by atoms with Gasteiger partial charge in [0.2, 0.25) is 5.91 Å². The Morgan fingerprint density at radius 3 is 2.00 bits per heavy atom. The fraction of sp³-hybridized carbons (Fsp3) is 0.412. The lowest BCUT2D eigenvalue weighted by molar-refractivity contribution is -0.123. The van der Waals surface area contributed by atoms with Gasteiger partial charge in [0.05, 0.1) is 11.6 Å². The van der Waals surface area contributed by atoms with Crippen LogP contribution in [0.25, 0.3) is 0 Å². The maximum absolute atomic E-state index is 12.8. The average molecular weight is 287 g/mol. The van der Waals surface area contributed by atoms with E-state index < -0.39 is 5.92 Å². The van der Waals surface area contributed by atoms with Gasteiger partial charge < -0.3 is 5.11 Å². The highest BCUT2D eigenvalue weighted by molar-refractivity contribution is 6.29. The van der Waals surface area contributed by atoms with Crippen molar-refractivity contribution < 1.29 is 14.7 Å². The SMILES string of the molecule is CC(C)=C1C(=O)N(c2ccc(O)cc2)C(=O)C1C(C)(C)C. The topological polar surface area (TPSA) is 57.6 Å². The van der Waals surface area contributed by atoms with E-state index in [-0.39, 0.29) is 23.0 Å². The average Bonchev–Trinajstić information content (AvgIpc) is 2.62. The molecule has 1 saturated heterocycles. The van der Waals surface area contributed by atoms with Crippen LogP contribution >= 0.6 is 0 Å². The first-order valence-corrected chi connectivity index (χ1v) is 6.99. The molecule has 1 N–H and O–H groups in total. The van der Waals surface area contributed by atoms with Crippen LogP contribution in [0.2, 0.25) is 0 Å². The minimum atomic E-state index is -0.441. The molecule has 21 heavy (non-hydrogen) atoms. The molecule has 2 amide bonds. The Hall–Kier alpha value is -2.10. The summed E-state index contributed by atoms with van der Waals surface area (Å²) in [4.78, 5) is 26.7. The van der Waals surface area contributed by atoms with Crippen LogP contribution in [0.3, 0.4) is 0 Å². The summed E-state index contributed by atoms with van der Waals surface area (Å²) in [6.45, 7) is 9.61. The quantitative estimate of drug-likeness (QED) is 0.637. The van der Waals surface area contributed by atoms with Crippen molar-refractivity contribution in [2.24, 2.45) is 11.3 Å². The zero-order valence-electron chi connectivity index (χ0n) is 13.1. The third-order valence-corrected chi connectivity index (χ3v) is 3.70. The Balaban J connectivity index is 2.56. The van der Waals surface area contributed by atoms with Gasteiger partial charge in [0.15, 0.2) is 0 Å². The minimum Gasteiger partial charge on any atom is -0.508 e. The van der Waals surface area contributed by atoms with Crippen LogP contribution in [-0.2, 0) is 9.59 Å². The van der Waals surface area contributed by atoms with Gasteiger partial charge in [0, 0.05) is 5.57 Å². The summed E-state index contributed by atoms with van der Waals surface area (Å²) in [7, 11) is 0. The smallest absolute Gasteiger partial charge is 0.261 e. The molecule has 2 rings (SSSR count). The van der Waals surface area contributed by atoms with E-state index in [9.17, 15) is 14.7 Å². The van der Waals surface area contributed by atoms with Crippen molar-refractivity contribution in [2.45, 2.75) is 34.6 Å². The molecule has 1 unspecified atom stereocenters.